The number of carbonyl (C=O) groups excluding carboxylic acids is 1. The number of piperidine rings is 1. The maximum Gasteiger partial charge on any atom is 0.254 e. The number of rotatable bonds is 3. The Bertz CT molecular complexity index is 1450. The van der Waals surface area contributed by atoms with Gasteiger partial charge in [-0.3, -0.25) is 9.20 Å². The summed E-state index contributed by atoms with van der Waals surface area (Å²) in [6.07, 6.45) is 3.75. The van der Waals surface area contributed by atoms with Gasteiger partial charge in [0, 0.05) is 36.2 Å². The van der Waals surface area contributed by atoms with Crippen LogP contribution in [0.1, 0.15) is 34.9 Å². The van der Waals surface area contributed by atoms with Crippen molar-refractivity contribution in [1.29, 1.82) is 0 Å². The summed E-state index contributed by atoms with van der Waals surface area (Å²) in [5, 5.41) is 9.62. The van der Waals surface area contributed by atoms with Gasteiger partial charge in [-0.2, -0.15) is 0 Å². The second kappa shape index (κ2) is 8.13. The number of amides is 1. The monoisotopic (exact) mass is 433 g/mol. The fourth-order valence-corrected chi connectivity index (χ4v) is 4.76. The summed E-state index contributed by atoms with van der Waals surface area (Å²) >= 11 is 0. The smallest absolute Gasteiger partial charge is 0.254 e. The van der Waals surface area contributed by atoms with Crippen molar-refractivity contribution in [2.24, 2.45) is 0 Å². The maximum atomic E-state index is 13.7. The van der Waals surface area contributed by atoms with Gasteiger partial charge in [0.05, 0.1) is 16.8 Å². The third-order valence-corrected chi connectivity index (χ3v) is 6.50. The first kappa shape index (κ1) is 19.6. The van der Waals surface area contributed by atoms with E-state index < -0.39 is 0 Å². The van der Waals surface area contributed by atoms with Crippen molar-refractivity contribution in [3.05, 3.63) is 96.4 Å². The molecule has 0 aliphatic carbocycles. The number of aromatic nitrogens is 4. The van der Waals surface area contributed by atoms with Gasteiger partial charge in [0.15, 0.2) is 5.65 Å². The number of benzene rings is 2. The molecule has 33 heavy (non-hydrogen) atoms. The topological polar surface area (TPSA) is 63.4 Å². The molecule has 3 aromatic heterocycles. The summed E-state index contributed by atoms with van der Waals surface area (Å²) in [4.78, 5) is 20.5. The van der Waals surface area contributed by atoms with Gasteiger partial charge >= 0.3 is 0 Å². The van der Waals surface area contributed by atoms with Gasteiger partial charge in [0.2, 0.25) is 0 Å². The summed E-state index contributed by atoms with van der Waals surface area (Å²) in [6, 6.07) is 25.8. The molecule has 0 saturated carbocycles. The van der Waals surface area contributed by atoms with Crippen molar-refractivity contribution in [3.8, 4) is 11.3 Å². The molecule has 1 saturated heterocycles. The number of para-hydroxylation sites is 1. The molecule has 0 radical (unpaired) electrons. The van der Waals surface area contributed by atoms with Crippen molar-refractivity contribution in [3.63, 3.8) is 0 Å². The van der Waals surface area contributed by atoms with E-state index in [4.69, 9.17) is 4.98 Å². The van der Waals surface area contributed by atoms with Crippen LogP contribution in [0.25, 0.3) is 27.8 Å². The Morgan fingerprint density at radius 2 is 1.61 bits per heavy atom. The second-order valence-corrected chi connectivity index (χ2v) is 8.49. The number of nitrogens with zero attached hydrogens (tertiary/aromatic N) is 5. The van der Waals surface area contributed by atoms with Crippen molar-refractivity contribution in [2.75, 3.05) is 13.1 Å². The van der Waals surface area contributed by atoms with Crippen LogP contribution in [0.3, 0.4) is 0 Å². The van der Waals surface area contributed by atoms with E-state index in [1.54, 1.807) is 0 Å². The van der Waals surface area contributed by atoms with Gasteiger partial charge in [-0.15, -0.1) is 10.2 Å². The molecule has 6 rings (SSSR count). The van der Waals surface area contributed by atoms with Crippen LogP contribution in [-0.4, -0.2) is 43.5 Å². The van der Waals surface area contributed by atoms with Crippen LogP contribution in [0.2, 0.25) is 0 Å². The average molecular weight is 434 g/mol. The highest BCUT2D eigenvalue weighted by Crippen LogP contribution is 2.30. The zero-order valence-electron chi connectivity index (χ0n) is 18.1. The first-order valence-electron chi connectivity index (χ1n) is 11.3. The van der Waals surface area contributed by atoms with E-state index in [0.29, 0.717) is 24.6 Å². The molecule has 162 valence electrons. The molecule has 1 aliphatic heterocycles. The van der Waals surface area contributed by atoms with Crippen LogP contribution in [0, 0.1) is 0 Å². The van der Waals surface area contributed by atoms with E-state index in [-0.39, 0.29) is 5.91 Å². The number of hydrogen-bond acceptors (Lipinski definition) is 4. The van der Waals surface area contributed by atoms with Gasteiger partial charge in [-0.05, 0) is 37.1 Å². The first-order chi connectivity index (χ1) is 16.3. The molecule has 0 N–H and O–H groups in total. The number of pyridine rings is 2. The molecule has 0 atom stereocenters. The SMILES string of the molecule is O=C(c1cc(-c2ccccc2)nc2ccccc12)N1CCC(c2nnc3ccccn23)CC1. The Morgan fingerprint density at radius 3 is 2.45 bits per heavy atom. The minimum absolute atomic E-state index is 0.0651. The van der Waals surface area contributed by atoms with E-state index in [1.165, 1.54) is 0 Å². The number of likely N-dealkylation sites (tertiary alicyclic amines) is 1. The van der Waals surface area contributed by atoms with Crippen LogP contribution in [0.4, 0.5) is 0 Å². The van der Waals surface area contributed by atoms with E-state index in [1.807, 2.05) is 90.0 Å². The molecule has 1 aliphatic rings. The fraction of sp³-hybridized carbons (Fsp3) is 0.185. The van der Waals surface area contributed by atoms with Gasteiger partial charge < -0.3 is 4.90 Å². The standard InChI is InChI=1S/C27H23N5O/c33-27(31-16-13-20(14-17-31)26-30-29-25-12-6-7-15-32(25)26)22-18-24(19-8-2-1-3-9-19)28-23-11-5-4-10-21(22)23/h1-12,15,18,20H,13-14,16-17H2. The predicted octanol–water partition coefficient (Wildman–Crippen LogP) is 4.96. The molecule has 6 nitrogen and oxygen atoms in total. The van der Waals surface area contributed by atoms with Crippen molar-refractivity contribution >= 4 is 22.5 Å². The Balaban J connectivity index is 1.29. The van der Waals surface area contributed by atoms with Gasteiger partial charge in [-0.1, -0.05) is 54.6 Å². The molecular formula is C27H23N5O. The molecular weight excluding hydrogens is 410 g/mol. The molecule has 0 bridgehead atoms. The van der Waals surface area contributed by atoms with E-state index in [2.05, 4.69) is 14.6 Å². The van der Waals surface area contributed by atoms with Gasteiger partial charge in [-0.25, -0.2) is 4.98 Å². The quantitative estimate of drug-likeness (QED) is 0.403. The summed E-state index contributed by atoms with van der Waals surface area (Å²) in [6.45, 7) is 1.39. The van der Waals surface area contributed by atoms with Crippen molar-refractivity contribution in [1.82, 2.24) is 24.5 Å². The molecule has 1 fully saturated rings. The van der Waals surface area contributed by atoms with Crippen LogP contribution in [-0.2, 0) is 0 Å². The molecule has 0 unspecified atom stereocenters. The maximum absolute atomic E-state index is 13.7. The van der Waals surface area contributed by atoms with Gasteiger partial charge in [0.25, 0.3) is 5.91 Å². The average Bonchev–Trinajstić information content (AvgIpc) is 3.32. The number of fused-ring (bicyclic) bond motifs is 2. The third kappa shape index (κ3) is 3.53. The molecule has 2 aromatic carbocycles. The van der Waals surface area contributed by atoms with Crippen LogP contribution >= 0.6 is 0 Å². The summed E-state index contributed by atoms with van der Waals surface area (Å²) < 4.78 is 2.06. The molecule has 0 spiro atoms. The second-order valence-electron chi connectivity index (χ2n) is 8.49. The lowest BCUT2D eigenvalue weighted by Crippen LogP contribution is -2.38. The largest absolute Gasteiger partial charge is 0.339 e. The molecule has 6 heteroatoms. The Kier molecular flexibility index (Phi) is 4.83. The third-order valence-electron chi connectivity index (χ3n) is 6.50. The van der Waals surface area contributed by atoms with Crippen LogP contribution < -0.4 is 0 Å². The van der Waals surface area contributed by atoms with E-state index in [9.17, 15) is 4.79 Å². The summed E-state index contributed by atoms with van der Waals surface area (Å²) in [7, 11) is 0. The summed E-state index contributed by atoms with van der Waals surface area (Å²) in [5.41, 5.74) is 4.25. The highest BCUT2D eigenvalue weighted by molar-refractivity contribution is 6.07. The lowest BCUT2D eigenvalue weighted by atomic mass is 9.95. The Labute approximate surface area is 191 Å². The van der Waals surface area contributed by atoms with E-state index >= 15 is 0 Å². The Hall–Kier alpha value is -4.06. The lowest BCUT2D eigenvalue weighted by molar-refractivity contribution is 0.0713. The zero-order chi connectivity index (χ0) is 22.2. The minimum atomic E-state index is 0.0651. The predicted molar refractivity (Wildman–Crippen MR) is 128 cm³/mol. The highest BCUT2D eigenvalue weighted by atomic mass is 16.2. The fourth-order valence-electron chi connectivity index (χ4n) is 4.76. The Morgan fingerprint density at radius 1 is 0.848 bits per heavy atom. The highest BCUT2D eigenvalue weighted by Gasteiger charge is 2.28. The minimum Gasteiger partial charge on any atom is -0.339 e. The van der Waals surface area contributed by atoms with Crippen molar-refractivity contribution in [2.45, 2.75) is 18.8 Å². The zero-order valence-corrected chi connectivity index (χ0v) is 18.1. The first-order valence-corrected chi connectivity index (χ1v) is 11.3. The van der Waals surface area contributed by atoms with Crippen LogP contribution in [0.5, 0.6) is 0 Å². The molecule has 4 heterocycles. The normalized spacial score (nSPS) is 14.7. The van der Waals surface area contributed by atoms with E-state index in [0.717, 1.165) is 46.5 Å². The summed E-state index contributed by atoms with van der Waals surface area (Å²) in [5.74, 6) is 1.34. The van der Waals surface area contributed by atoms with Crippen molar-refractivity contribution < 1.29 is 4.79 Å². The molecule has 1 amide bonds. The number of carbonyl (C=O) groups is 1. The number of hydrogen-bond donors (Lipinski definition) is 0. The lowest BCUT2D eigenvalue weighted by Gasteiger charge is -2.31. The van der Waals surface area contributed by atoms with Gasteiger partial charge in [0.1, 0.15) is 5.82 Å². The van der Waals surface area contributed by atoms with Crippen LogP contribution in [0.15, 0.2) is 85.1 Å². The molecule has 5 aromatic rings.